The van der Waals surface area contributed by atoms with Crippen molar-refractivity contribution in [2.75, 3.05) is 25.2 Å². The molecule has 0 unspecified atom stereocenters. The number of nitrogen functional groups attached to an aromatic ring is 1. The van der Waals surface area contributed by atoms with Gasteiger partial charge in [0.05, 0.1) is 24.4 Å². The van der Waals surface area contributed by atoms with Gasteiger partial charge in [-0.3, -0.25) is 10.1 Å². The minimum Gasteiger partial charge on any atom is -0.443 e. The lowest BCUT2D eigenvalue weighted by atomic mass is 9.68. The summed E-state index contributed by atoms with van der Waals surface area (Å²) in [5.41, 5.74) is 6.93. The van der Waals surface area contributed by atoms with E-state index >= 15 is 0 Å². The smallest absolute Gasteiger partial charge is 0.414 e. The zero-order valence-corrected chi connectivity index (χ0v) is 21.0. The van der Waals surface area contributed by atoms with E-state index < -0.39 is 23.7 Å². The van der Waals surface area contributed by atoms with Crippen molar-refractivity contribution in [3.05, 3.63) is 35.9 Å². The van der Waals surface area contributed by atoms with Gasteiger partial charge in [0, 0.05) is 17.7 Å². The van der Waals surface area contributed by atoms with E-state index in [1.54, 1.807) is 19.2 Å². The van der Waals surface area contributed by atoms with E-state index in [2.05, 4.69) is 32.2 Å². The lowest BCUT2D eigenvalue weighted by molar-refractivity contribution is -0.124. The molecule has 2 saturated heterocycles. The number of imide groups is 1. The van der Waals surface area contributed by atoms with Crippen LogP contribution < -0.4 is 11.1 Å². The van der Waals surface area contributed by atoms with Crippen LogP contribution >= 0.6 is 11.8 Å². The van der Waals surface area contributed by atoms with Crippen molar-refractivity contribution in [1.82, 2.24) is 5.32 Å². The van der Waals surface area contributed by atoms with Gasteiger partial charge < -0.3 is 24.7 Å². The van der Waals surface area contributed by atoms with Gasteiger partial charge in [-0.2, -0.15) is 0 Å². The number of nitrogens with one attached hydrogen (secondary N) is 1. The van der Waals surface area contributed by atoms with Crippen LogP contribution in [0.1, 0.15) is 40.0 Å². The van der Waals surface area contributed by atoms with E-state index in [1.807, 2.05) is 12.1 Å². The van der Waals surface area contributed by atoms with Gasteiger partial charge in [-0.15, -0.1) is 11.8 Å². The van der Waals surface area contributed by atoms with Crippen LogP contribution in [0.4, 0.5) is 10.5 Å². The molecule has 1 aromatic carbocycles. The van der Waals surface area contributed by atoms with E-state index in [-0.39, 0.29) is 29.5 Å². The van der Waals surface area contributed by atoms with Gasteiger partial charge in [-0.25, -0.2) is 4.79 Å². The molecule has 186 valence electrons. The zero-order chi connectivity index (χ0) is 24.5. The van der Waals surface area contributed by atoms with Gasteiger partial charge in [-0.05, 0) is 58.2 Å². The lowest BCUT2D eigenvalue weighted by Crippen LogP contribution is -2.56. The number of carbonyl (C=O) groups excluding carboxylic acids is 2. The molecule has 9 heteroatoms. The molecule has 4 rings (SSSR count). The van der Waals surface area contributed by atoms with E-state index in [0.29, 0.717) is 18.7 Å². The first-order valence-corrected chi connectivity index (χ1v) is 12.6. The predicted molar refractivity (Wildman–Crippen MR) is 130 cm³/mol. The van der Waals surface area contributed by atoms with Crippen molar-refractivity contribution in [2.24, 2.45) is 5.92 Å². The summed E-state index contributed by atoms with van der Waals surface area (Å²) in [5, 5.41) is 2.33. The van der Waals surface area contributed by atoms with Crippen molar-refractivity contribution in [3.8, 4) is 0 Å². The number of amides is 2. The highest BCUT2D eigenvalue weighted by atomic mass is 32.2. The van der Waals surface area contributed by atoms with E-state index in [4.69, 9.17) is 24.7 Å². The van der Waals surface area contributed by atoms with Gasteiger partial charge in [0.2, 0.25) is 5.91 Å². The molecule has 1 aliphatic carbocycles. The third kappa shape index (κ3) is 5.43. The summed E-state index contributed by atoms with van der Waals surface area (Å²) in [6.07, 6.45) is 2.78. The normalized spacial score (nSPS) is 33.8. The first-order chi connectivity index (χ1) is 16.2. The highest BCUT2D eigenvalue weighted by Gasteiger charge is 2.72. The first kappa shape index (κ1) is 25.0. The highest BCUT2D eigenvalue weighted by molar-refractivity contribution is 8.00. The van der Waals surface area contributed by atoms with Gasteiger partial charge in [0.25, 0.3) is 0 Å². The second-order valence-corrected chi connectivity index (χ2v) is 10.8. The Bertz CT molecular complexity index is 960. The van der Waals surface area contributed by atoms with Gasteiger partial charge >= 0.3 is 6.09 Å². The van der Waals surface area contributed by atoms with Crippen molar-refractivity contribution < 1.29 is 28.5 Å². The number of rotatable bonds is 8. The fourth-order valence-corrected chi connectivity index (χ4v) is 5.90. The zero-order valence-electron chi connectivity index (χ0n) is 20.2. The van der Waals surface area contributed by atoms with Gasteiger partial charge in [0.1, 0.15) is 23.4 Å². The van der Waals surface area contributed by atoms with Crippen molar-refractivity contribution in [2.45, 2.75) is 74.4 Å². The number of hydrogen-bond donors (Lipinski definition) is 2. The standard InChI is InChI=1S/C25H34N2O6S/c1-15(2)8-9-19-24(3,33-19)22-21(30-4)18(10-11-25(22)14-31-25)32-23(29)27-20(28)13-34-17-7-5-6-16(26)12-17/h5-8,12,18-19,21-22H,9-11,13-14,26H2,1-4H3,(H,27,28,29)/t18-,19-,21-,22-,24-,25+/m1/s1. The summed E-state index contributed by atoms with van der Waals surface area (Å²) in [4.78, 5) is 25.7. The first-order valence-electron chi connectivity index (χ1n) is 11.6. The van der Waals surface area contributed by atoms with Crippen LogP contribution in [0.15, 0.2) is 40.8 Å². The molecule has 3 aliphatic rings. The van der Waals surface area contributed by atoms with Crippen molar-refractivity contribution >= 4 is 29.4 Å². The summed E-state index contributed by atoms with van der Waals surface area (Å²) in [5.74, 6) is -0.420. The summed E-state index contributed by atoms with van der Waals surface area (Å²) >= 11 is 1.30. The Morgan fingerprint density at radius 1 is 1.35 bits per heavy atom. The minimum atomic E-state index is -0.764. The third-order valence-corrected chi connectivity index (χ3v) is 7.96. The van der Waals surface area contributed by atoms with Crippen molar-refractivity contribution in [1.29, 1.82) is 0 Å². The Labute approximate surface area is 204 Å². The Kier molecular flexibility index (Phi) is 7.28. The second-order valence-electron chi connectivity index (χ2n) is 9.73. The fourth-order valence-electron chi connectivity index (χ4n) is 5.14. The molecule has 1 saturated carbocycles. The molecule has 6 atom stereocenters. The van der Waals surface area contributed by atoms with Crippen LogP contribution in [-0.4, -0.2) is 61.0 Å². The molecule has 1 spiro atoms. The van der Waals surface area contributed by atoms with Crippen LogP contribution in [0.2, 0.25) is 0 Å². The number of allylic oxidation sites excluding steroid dienone is 1. The predicted octanol–water partition coefficient (Wildman–Crippen LogP) is 3.69. The number of nitrogens with two attached hydrogens (primary N) is 1. The molecule has 3 N–H and O–H groups in total. The van der Waals surface area contributed by atoms with E-state index in [9.17, 15) is 9.59 Å². The summed E-state index contributed by atoms with van der Waals surface area (Å²) in [6, 6.07) is 7.24. The molecule has 0 aromatic heterocycles. The maximum Gasteiger partial charge on any atom is 0.414 e. The molecule has 2 heterocycles. The van der Waals surface area contributed by atoms with Crippen molar-refractivity contribution in [3.63, 3.8) is 0 Å². The Balaban J connectivity index is 1.35. The fraction of sp³-hybridized carbons (Fsp3) is 0.600. The number of anilines is 1. The number of methoxy groups -OCH3 is 1. The Morgan fingerprint density at radius 2 is 2.12 bits per heavy atom. The van der Waals surface area contributed by atoms with Gasteiger partial charge in [0.15, 0.2) is 0 Å². The van der Waals surface area contributed by atoms with Gasteiger partial charge in [-0.1, -0.05) is 17.7 Å². The molecule has 3 fully saturated rings. The number of ether oxygens (including phenoxy) is 4. The highest BCUT2D eigenvalue weighted by Crippen LogP contribution is 2.59. The minimum absolute atomic E-state index is 0.0677. The molecule has 8 nitrogen and oxygen atoms in total. The summed E-state index contributed by atoms with van der Waals surface area (Å²) < 4.78 is 23.7. The van der Waals surface area contributed by atoms with E-state index in [0.717, 1.165) is 17.7 Å². The van der Waals surface area contributed by atoms with Crippen LogP contribution in [-0.2, 0) is 23.7 Å². The molecule has 2 aliphatic heterocycles. The Hall–Kier alpha value is -2.07. The largest absolute Gasteiger partial charge is 0.443 e. The number of benzene rings is 1. The third-order valence-electron chi connectivity index (χ3n) is 6.96. The van der Waals surface area contributed by atoms with Crippen LogP contribution in [0.3, 0.4) is 0 Å². The molecule has 0 bridgehead atoms. The Morgan fingerprint density at radius 3 is 2.76 bits per heavy atom. The molecule has 1 aromatic rings. The number of thioether (sulfide) groups is 1. The number of carbonyl (C=O) groups is 2. The van der Waals surface area contributed by atoms with Crippen LogP contribution in [0.5, 0.6) is 0 Å². The topological polar surface area (TPSA) is 116 Å². The monoisotopic (exact) mass is 490 g/mol. The number of hydrogen-bond acceptors (Lipinski definition) is 8. The summed E-state index contributed by atoms with van der Waals surface area (Å²) in [6.45, 7) is 6.89. The lowest BCUT2D eigenvalue weighted by Gasteiger charge is -2.42. The SMILES string of the molecule is CO[C@@H]1[C@H](OC(=O)NC(=O)CSc2cccc(N)c2)CC[C@]2(CO2)[C@H]1[C@]1(C)O[C@@H]1CC=C(C)C. The quantitative estimate of drug-likeness (QED) is 0.245. The molecule has 0 radical (unpaired) electrons. The average molecular weight is 491 g/mol. The van der Waals surface area contributed by atoms with Crippen LogP contribution in [0, 0.1) is 5.92 Å². The maximum atomic E-state index is 12.5. The number of epoxide rings is 2. The van der Waals surface area contributed by atoms with Crippen LogP contribution in [0.25, 0.3) is 0 Å². The average Bonchev–Trinajstić information content (AvgIpc) is 3.69. The maximum absolute atomic E-state index is 12.5. The molecular weight excluding hydrogens is 456 g/mol. The second kappa shape index (κ2) is 9.89. The number of alkyl carbamates (subject to hydrolysis) is 1. The molecular formula is C25H34N2O6S. The van der Waals surface area contributed by atoms with E-state index in [1.165, 1.54) is 17.3 Å². The molecule has 34 heavy (non-hydrogen) atoms. The molecule has 2 amide bonds. The summed E-state index contributed by atoms with van der Waals surface area (Å²) in [7, 11) is 1.62.